The van der Waals surface area contributed by atoms with Crippen molar-refractivity contribution in [3.8, 4) is 0 Å². The third kappa shape index (κ3) is 2.89. The van der Waals surface area contributed by atoms with Crippen LogP contribution in [-0.4, -0.2) is 58.1 Å². The Morgan fingerprint density at radius 2 is 2.12 bits per heavy atom. The van der Waals surface area contributed by atoms with Crippen molar-refractivity contribution in [3.05, 3.63) is 35.6 Å². The second-order valence-corrected chi connectivity index (χ2v) is 6.84. The van der Waals surface area contributed by atoms with Gasteiger partial charge in [-0.25, -0.2) is 9.18 Å². The highest BCUT2D eigenvalue weighted by atomic mass is 19.1. The van der Waals surface area contributed by atoms with Crippen LogP contribution in [0.1, 0.15) is 31.9 Å². The number of amides is 3. The fourth-order valence-electron chi connectivity index (χ4n) is 3.50. The predicted octanol–water partition coefficient (Wildman–Crippen LogP) is 1.26. The van der Waals surface area contributed by atoms with Gasteiger partial charge in [0.25, 0.3) is 5.91 Å². The SMILES string of the molecule is CC(C)N1C(=O)NC2(CCN(CC(O)c3cccc(F)c3)C2)C1=O. The van der Waals surface area contributed by atoms with Crippen molar-refractivity contribution in [1.29, 1.82) is 0 Å². The topological polar surface area (TPSA) is 72.9 Å². The first-order valence-electron chi connectivity index (χ1n) is 8.14. The van der Waals surface area contributed by atoms with Crippen LogP contribution in [0.3, 0.4) is 0 Å². The van der Waals surface area contributed by atoms with Crippen LogP contribution in [0.5, 0.6) is 0 Å². The number of β-amino-alcohol motifs (C(OH)–C–C–N with tert-alkyl or cyclic N) is 1. The van der Waals surface area contributed by atoms with Crippen LogP contribution < -0.4 is 5.32 Å². The molecule has 2 aliphatic rings. The molecule has 1 aromatic rings. The highest BCUT2D eigenvalue weighted by Crippen LogP contribution is 2.30. The van der Waals surface area contributed by atoms with E-state index in [9.17, 15) is 19.1 Å². The van der Waals surface area contributed by atoms with Gasteiger partial charge in [-0.2, -0.15) is 0 Å². The summed E-state index contributed by atoms with van der Waals surface area (Å²) in [5.74, 6) is -0.597. The van der Waals surface area contributed by atoms with E-state index in [0.717, 1.165) is 0 Å². The number of nitrogens with zero attached hydrogens (tertiary/aromatic N) is 2. The molecule has 0 aliphatic carbocycles. The minimum Gasteiger partial charge on any atom is -0.387 e. The molecule has 2 saturated heterocycles. The van der Waals surface area contributed by atoms with Gasteiger partial charge in [-0.1, -0.05) is 12.1 Å². The second kappa shape index (κ2) is 6.14. The molecule has 2 atom stereocenters. The number of imide groups is 1. The first-order chi connectivity index (χ1) is 11.3. The van der Waals surface area contributed by atoms with Crippen LogP contribution in [0.25, 0.3) is 0 Å². The van der Waals surface area contributed by atoms with Crippen molar-refractivity contribution in [2.24, 2.45) is 0 Å². The minimum absolute atomic E-state index is 0.191. The molecule has 0 bridgehead atoms. The van der Waals surface area contributed by atoms with Gasteiger partial charge < -0.3 is 10.4 Å². The van der Waals surface area contributed by atoms with Crippen LogP contribution in [0.2, 0.25) is 0 Å². The third-order valence-electron chi connectivity index (χ3n) is 4.72. The Labute approximate surface area is 140 Å². The van der Waals surface area contributed by atoms with E-state index in [-0.39, 0.29) is 24.5 Å². The van der Waals surface area contributed by atoms with Gasteiger partial charge in [0.05, 0.1) is 6.10 Å². The van der Waals surface area contributed by atoms with Gasteiger partial charge in [0.1, 0.15) is 11.4 Å². The Morgan fingerprint density at radius 1 is 1.38 bits per heavy atom. The maximum absolute atomic E-state index is 13.3. The Balaban J connectivity index is 1.68. The molecule has 7 heteroatoms. The average molecular weight is 335 g/mol. The number of urea groups is 1. The molecule has 6 nitrogen and oxygen atoms in total. The number of carbonyl (C=O) groups is 2. The summed E-state index contributed by atoms with van der Waals surface area (Å²) in [6, 6.07) is 5.31. The van der Waals surface area contributed by atoms with Gasteiger partial charge >= 0.3 is 6.03 Å². The number of hydrogen-bond donors (Lipinski definition) is 2. The Bertz CT molecular complexity index is 666. The molecule has 2 aliphatic heterocycles. The van der Waals surface area contributed by atoms with Gasteiger partial charge in [-0.05, 0) is 38.0 Å². The van der Waals surface area contributed by atoms with Gasteiger partial charge in [0.15, 0.2) is 0 Å². The summed E-state index contributed by atoms with van der Waals surface area (Å²) in [4.78, 5) is 27.9. The van der Waals surface area contributed by atoms with Crippen LogP contribution in [0, 0.1) is 5.82 Å². The number of aliphatic hydroxyl groups excluding tert-OH is 1. The molecule has 130 valence electrons. The van der Waals surface area contributed by atoms with Crippen molar-refractivity contribution in [2.45, 2.75) is 38.0 Å². The molecule has 2 fully saturated rings. The molecule has 2 N–H and O–H groups in total. The van der Waals surface area contributed by atoms with Gasteiger partial charge in [-0.3, -0.25) is 14.6 Å². The van der Waals surface area contributed by atoms with Gasteiger partial charge in [0, 0.05) is 25.7 Å². The van der Waals surface area contributed by atoms with Gasteiger partial charge in [-0.15, -0.1) is 0 Å². The van der Waals surface area contributed by atoms with Gasteiger partial charge in [0.2, 0.25) is 0 Å². The fourth-order valence-corrected chi connectivity index (χ4v) is 3.50. The molecule has 2 unspecified atom stereocenters. The lowest BCUT2D eigenvalue weighted by atomic mass is 9.98. The van der Waals surface area contributed by atoms with E-state index < -0.39 is 17.5 Å². The number of hydrogen-bond acceptors (Lipinski definition) is 4. The summed E-state index contributed by atoms with van der Waals surface area (Å²) in [6.07, 6.45) is -0.333. The largest absolute Gasteiger partial charge is 0.387 e. The van der Waals surface area contributed by atoms with Crippen LogP contribution in [-0.2, 0) is 4.79 Å². The monoisotopic (exact) mass is 335 g/mol. The van der Waals surface area contributed by atoms with E-state index in [0.29, 0.717) is 25.1 Å². The second-order valence-electron chi connectivity index (χ2n) is 6.84. The molecule has 1 spiro atoms. The van der Waals surface area contributed by atoms with Crippen molar-refractivity contribution in [1.82, 2.24) is 15.1 Å². The Hall–Kier alpha value is -1.99. The summed E-state index contributed by atoms with van der Waals surface area (Å²) < 4.78 is 13.3. The average Bonchev–Trinajstić information content (AvgIpc) is 3.01. The zero-order valence-electron chi connectivity index (χ0n) is 13.8. The molecule has 0 radical (unpaired) electrons. The van der Waals surface area contributed by atoms with Crippen molar-refractivity contribution in [3.63, 3.8) is 0 Å². The lowest BCUT2D eigenvalue weighted by molar-refractivity contribution is -0.132. The summed E-state index contributed by atoms with van der Waals surface area (Å²) in [6.45, 7) is 4.83. The third-order valence-corrected chi connectivity index (χ3v) is 4.72. The molecule has 0 aromatic heterocycles. The first-order valence-corrected chi connectivity index (χ1v) is 8.14. The van der Waals surface area contributed by atoms with Crippen LogP contribution in [0.15, 0.2) is 24.3 Å². The number of rotatable bonds is 4. The molecule has 2 heterocycles. The number of nitrogens with one attached hydrogen (secondary N) is 1. The number of likely N-dealkylation sites (tertiary alicyclic amines) is 1. The molecule has 24 heavy (non-hydrogen) atoms. The van der Waals surface area contributed by atoms with E-state index in [4.69, 9.17) is 0 Å². The standard InChI is InChI=1S/C17H22FN3O3/c1-11(2)21-15(23)17(19-16(21)24)6-7-20(10-17)9-14(22)12-4-3-5-13(18)8-12/h3-5,8,11,14,22H,6-7,9-10H2,1-2H3,(H,19,24). The van der Waals surface area contributed by atoms with Crippen molar-refractivity contribution < 1.29 is 19.1 Å². The zero-order chi connectivity index (χ0) is 17.5. The lowest BCUT2D eigenvalue weighted by Crippen LogP contribution is -2.50. The lowest BCUT2D eigenvalue weighted by Gasteiger charge is -2.24. The van der Waals surface area contributed by atoms with E-state index in [1.54, 1.807) is 26.0 Å². The first kappa shape index (κ1) is 16.9. The minimum atomic E-state index is -0.900. The smallest absolute Gasteiger partial charge is 0.325 e. The highest BCUT2D eigenvalue weighted by Gasteiger charge is 2.55. The van der Waals surface area contributed by atoms with E-state index in [1.165, 1.54) is 17.0 Å². The van der Waals surface area contributed by atoms with E-state index >= 15 is 0 Å². The number of halogens is 1. The predicted molar refractivity (Wildman–Crippen MR) is 85.7 cm³/mol. The van der Waals surface area contributed by atoms with Crippen molar-refractivity contribution in [2.75, 3.05) is 19.6 Å². The number of benzene rings is 1. The van der Waals surface area contributed by atoms with Crippen molar-refractivity contribution >= 4 is 11.9 Å². The zero-order valence-corrected chi connectivity index (χ0v) is 13.8. The van der Waals surface area contributed by atoms with Crippen LogP contribution in [0.4, 0.5) is 9.18 Å². The van der Waals surface area contributed by atoms with E-state index in [1.807, 2.05) is 4.90 Å². The number of aliphatic hydroxyl groups is 1. The summed E-state index contributed by atoms with van der Waals surface area (Å²) in [5.41, 5.74) is -0.398. The fraction of sp³-hybridized carbons (Fsp3) is 0.529. The molecular formula is C17H22FN3O3. The molecule has 0 saturated carbocycles. The summed E-state index contributed by atoms with van der Waals surface area (Å²) >= 11 is 0. The molecular weight excluding hydrogens is 313 g/mol. The maximum atomic E-state index is 13.3. The molecule has 3 rings (SSSR count). The Kier molecular flexibility index (Phi) is 4.31. The van der Waals surface area contributed by atoms with Crippen LogP contribution >= 0.6 is 0 Å². The normalized spacial score (nSPS) is 25.8. The number of carbonyl (C=O) groups excluding carboxylic acids is 2. The van der Waals surface area contributed by atoms with E-state index in [2.05, 4.69) is 5.32 Å². The summed E-state index contributed by atoms with van der Waals surface area (Å²) in [5, 5.41) is 13.1. The highest BCUT2D eigenvalue weighted by molar-refractivity contribution is 6.07. The quantitative estimate of drug-likeness (QED) is 0.813. The Morgan fingerprint density at radius 3 is 2.75 bits per heavy atom. The maximum Gasteiger partial charge on any atom is 0.325 e. The molecule has 3 amide bonds. The summed E-state index contributed by atoms with van der Waals surface area (Å²) in [7, 11) is 0. The molecule has 1 aromatic carbocycles.